The maximum absolute atomic E-state index is 11.8. The predicted octanol–water partition coefficient (Wildman–Crippen LogP) is 2.85. The van der Waals surface area contributed by atoms with Crippen LogP contribution in [0.4, 0.5) is 4.79 Å². The number of benzene rings is 1. The van der Waals surface area contributed by atoms with Crippen molar-refractivity contribution in [1.82, 2.24) is 4.90 Å². The number of amides is 1. The minimum atomic E-state index is -0.298. The van der Waals surface area contributed by atoms with Gasteiger partial charge in [-0.05, 0) is 38.5 Å². The number of hydrogen-bond acceptors (Lipinski definition) is 3. The number of nitriles is 1. The molecule has 1 amide bonds. The van der Waals surface area contributed by atoms with Crippen molar-refractivity contribution in [1.29, 1.82) is 5.26 Å². The topological polar surface area (TPSA) is 53.3 Å². The summed E-state index contributed by atoms with van der Waals surface area (Å²) >= 11 is 0. The molecular formula is C14H16N2O2. The van der Waals surface area contributed by atoms with E-state index >= 15 is 0 Å². The average Bonchev–Trinajstić information content (AvgIpc) is 2.65. The molecule has 1 saturated heterocycles. The number of carbonyl (C=O) groups is 1. The molecule has 0 radical (unpaired) electrons. The summed E-state index contributed by atoms with van der Waals surface area (Å²) in [5.74, 6) is 0. The van der Waals surface area contributed by atoms with Crippen LogP contribution in [-0.4, -0.2) is 23.1 Å². The highest BCUT2D eigenvalue weighted by atomic mass is 16.6. The zero-order valence-corrected chi connectivity index (χ0v) is 10.8. The van der Waals surface area contributed by atoms with Gasteiger partial charge >= 0.3 is 6.09 Å². The van der Waals surface area contributed by atoms with Gasteiger partial charge in [-0.25, -0.2) is 4.79 Å². The van der Waals surface area contributed by atoms with Gasteiger partial charge in [-0.1, -0.05) is 12.1 Å². The maximum atomic E-state index is 11.8. The van der Waals surface area contributed by atoms with Crippen molar-refractivity contribution in [3.05, 3.63) is 35.4 Å². The van der Waals surface area contributed by atoms with E-state index in [4.69, 9.17) is 10.00 Å². The van der Waals surface area contributed by atoms with Crippen molar-refractivity contribution in [3.63, 3.8) is 0 Å². The Balaban J connectivity index is 2.30. The molecule has 0 aliphatic carbocycles. The number of rotatable bonds is 2. The molecule has 18 heavy (non-hydrogen) atoms. The lowest BCUT2D eigenvalue weighted by atomic mass is 10.0. The van der Waals surface area contributed by atoms with Crippen LogP contribution in [0.5, 0.6) is 0 Å². The fraction of sp³-hybridized carbons (Fsp3) is 0.429. The van der Waals surface area contributed by atoms with Gasteiger partial charge < -0.3 is 4.74 Å². The second-order valence-electron chi connectivity index (χ2n) is 4.78. The van der Waals surface area contributed by atoms with Crippen LogP contribution in [0.2, 0.25) is 0 Å². The Morgan fingerprint density at radius 3 is 2.72 bits per heavy atom. The Labute approximate surface area is 107 Å². The van der Waals surface area contributed by atoms with Crippen molar-refractivity contribution >= 4 is 6.09 Å². The molecule has 2 atom stereocenters. The van der Waals surface area contributed by atoms with Crippen molar-refractivity contribution in [2.24, 2.45) is 0 Å². The Hall–Kier alpha value is -2.02. The number of nitrogens with zero attached hydrogens (tertiary/aromatic N) is 2. The molecule has 0 bridgehead atoms. The van der Waals surface area contributed by atoms with Crippen LogP contribution in [0, 0.1) is 11.3 Å². The van der Waals surface area contributed by atoms with E-state index in [-0.39, 0.29) is 24.3 Å². The monoisotopic (exact) mass is 244 g/mol. The molecule has 4 heteroatoms. The Bertz CT molecular complexity index is 505. The summed E-state index contributed by atoms with van der Waals surface area (Å²) in [7, 11) is 0. The molecule has 0 aromatic heterocycles. The Morgan fingerprint density at radius 1 is 1.44 bits per heavy atom. The minimum absolute atomic E-state index is 0.0218. The molecule has 1 aliphatic rings. The van der Waals surface area contributed by atoms with Crippen molar-refractivity contribution in [2.45, 2.75) is 39.0 Å². The molecule has 2 rings (SSSR count). The van der Waals surface area contributed by atoms with Crippen molar-refractivity contribution < 1.29 is 9.53 Å². The first-order valence-corrected chi connectivity index (χ1v) is 6.03. The lowest BCUT2D eigenvalue weighted by Crippen LogP contribution is -2.37. The molecule has 0 N–H and O–H groups in total. The summed E-state index contributed by atoms with van der Waals surface area (Å²) in [6, 6.07) is 9.40. The van der Waals surface area contributed by atoms with Gasteiger partial charge in [-0.2, -0.15) is 5.26 Å². The Morgan fingerprint density at radius 2 is 2.17 bits per heavy atom. The third-order valence-electron chi connectivity index (χ3n) is 3.22. The van der Waals surface area contributed by atoms with Gasteiger partial charge in [0.2, 0.25) is 0 Å². The van der Waals surface area contributed by atoms with Gasteiger partial charge in [0.25, 0.3) is 0 Å². The van der Waals surface area contributed by atoms with Gasteiger partial charge in [0, 0.05) is 6.04 Å². The molecular weight excluding hydrogens is 228 g/mol. The molecule has 0 unspecified atom stereocenters. The smallest absolute Gasteiger partial charge is 0.411 e. The van der Waals surface area contributed by atoms with E-state index in [1.165, 1.54) is 0 Å². The van der Waals surface area contributed by atoms with Crippen LogP contribution < -0.4 is 0 Å². The fourth-order valence-electron chi connectivity index (χ4n) is 2.39. The van der Waals surface area contributed by atoms with Crippen LogP contribution in [-0.2, 0) is 4.74 Å². The van der Waals surface area contributed by atoms with Crippen LogP contribution in [0.3, 0.4) is 0 Å². The molecule has 1 aromatic carbocycles. The zero-order chi connectivity index (χ0) is 13.3. The highest BCUT2D eigenvalue weighted by Gasteiger charge is 2.40. The number of cyclic esters (lactones) is 1. The molecule has 0 saturated carbocycles. The van der Waals surface area contributed by atoms with Crippen LogP contribution in [0.15, 0.2) is 24.3 Å². The molecule has 94 valence electrons. The van der Waals surface area contributed by atoms with E-state index in [2.05, 4.69) is 6.07 Å². The van der Waals surface area contributed by atoms with E-state index < -0.39 is 0 Å². The SMILES string of the molecule is CC(C)N1C(=O)O[C@@H](c2cccc(C#N)c2)[C@@H]1C. The van der Waals surface area contributed by atoms with Crippen LogP contribution in [0.25, 0.3) is 0 Å². The van der Waals surface area contributed by atoms with Gasteiger partial charge in [0.05, 0.1) is 17.7 Å². The fourth-order valence-corrected chi connectivity index (χ4v) is 2.39. The first-order valence-electron chi connectivity index (χ1n) is 6.03. The van der Waals surface area contributed by atoms with Crippen LogP contribution >= 0.6 is 0 Å². The Kier molecular flexibility index (Phi) is 3.24. The largest absolute Gasteiger partial charge is 0.439 e. The third kappa shape index (κ3) is 2.04. The number of carbonyl (C=O) groups excluding carboxylic acids is 1. The second kappa shape index (κ2) is 4.69. The van der Waals surface area contributed by atoms with Gasteiger partial charge in [0.1, 0.15) is 6.10 Å². The van der Waals surface area contributed by atoms with E-state index in [1.807, 2.05) is 32.9 Å². The highest BCUT2D eigenvalue weighted by Crippen LogP contribution is 2.33. The van der Waals surface area contributed by atoms with Crippen LogP contribution in [0.1, 0.15) is 38.0 Å². The summed E-state index contributed by atoms with van der Waals surface area (Å²) in [4.78, 5) is 13.5. The molecule has 1 aromatic rings. The quantitative estimate of drug-likeness (QED) is 0.803. The normalized spacial score (nSPS) is 23.1. The molecule has 1 heterocycles. The highest BCUT2D eigenvalue weighted by molar-refractivity contribution is 5.71. The standard InChI is InChI=1S/C14H16N2O2/c1-9(2)16-10(3)13(18-14(16)17)12-6-4-5-11(7-12)8-15/h4-7,9-10,13H,1-3H3/t10-,13+/m0/s1. The molecule has 1 aliphatic heterocycles. The summed E-state index contributed by atoms with van der Waals surface area (Å²) in [5, 5.41) is 8.89. The predicted molar refractivity (Wildman–Crippen MR) is 66.8 cm³/mol. The average molecular weight is 244 g/mol. The minimum Gasteiger partial charge on any atom is -0.439 e. The first-order chi connectivity index (χ1) is 8.54. The summed E-state index contributed by atoms with van der Waals surface area (Å²) in [6.07, 6.45) is -0.585. The second-order valence-corrected chi connectivity index (χ2v) is 4.78. The molecule has 1 fully saturated rings. The lowest BCUT2D eigenvalue weighted by Gasteiger charge is -2.24. The van der Waals surface area contributed by atoms with Crippen molar-refractivity contribution in [2.75, 3.05) is 0 Å². The summed E-state index contributed by atoms with van der Waals surface area (Å²) in [6.45, 7) is 5.90. The maximum Gasteiger partial charge on any atom is 0.411 e. The summed E-state index contributed by atoms with van der Waals surface area (Å²) < 4.78 is 5.41. The van der Waals surface area contributed by atoms with E-state index in [1.54, 1.807) is 17.0 Å². The lowest BCUT2D eigenvalue weighted by molar-refractivity contribution is 0.129. The molecule has 4 nitrogen and oxygen atoms in total. The summed E-state index contributed by atoms with van der Waals surface area (Å²) in [5.41, 5.74) is 1.46. The van der Waals surface area contributed by atoms with E-state index in [0.29, 0.717) is 5.56 Å². The van der Waals surface area contributed by atoms with E-state index in [0.717, 1.165) is 5.56 Å². The van der Waals surface area contributed by atoms with Gasteiger partial charge in [-0.3, -0.25) is 4.90 Å². The van der Waals surface area contributed by atoms with Gasteiger partial charge in [-0.15, -0.1) is 0 Å². The van der Waals surface area contributed by atoms with Gasteiger partial charge in [0.15, 0.2) is 0 Å². The van der Waals surface area contributed by atoms with Crippen molar-refractivity contribution in [3.8, 4) is 6.07 Å². The number of hydrogen-bond donors (Lipinski definition) is 0. The molecule has 0 spiro atoms. The third-order valence-corrected chi connectivity index (χ3v) is 3.22. The first kappa shape index (κ1) is 12.4. The zero-order valence-electron chi connectivity index (χ0n) is 10.8. The van der Waals surface area contributed by atoms with E-state index in [9.17, 15) is 4.79 Å². The number of ether oxygens (including phenoxy) is 1.